The fourth-order valence-electron chi connectivity index (χ4n) is 4.48. The minimum atomic E-state index is -0.160. The maximum absolute atomic E-state index is 12.3. The first-order valence-corrected chi connectivity index (χ1v) is 12.0. The molecule has 0 saturated carbocycles. The topological polar surface area (TPSA) is 56.1 Å². The Hall–Kier alpha value is -3.60. The molecule has 0 bridgehead atoms. The van der Waals surface area contributed by atoms with E-state index < -0.39 is 0 Å². The molecule has 1 aromatic carbocycles. The molecule has 3 rings (SSSR count). The van der Waals surface area contributed by atoms with Gasteiger partial charge in [-0.1, -0.05) is 49.8 Å². The molecule has 1 aliphatic rings. The maximum atomic E-state index is 12.3. The number of ether oxygens (including phenoxy) is 1. The van der Waals surface area contributed by atoms with E-state index in [4.69, 9.17) is 4.74 Å². The molecule has 0 radical (unpaired) electrons. The van der Waals surface area contributed by atoms with Crippen LogP contribution in [0.3, 0.4) is 0 Å². The van der Waals surface area contributed by atoms with E-state index in [1.807, 2.05) is 55.9 Å². The van der Waals surface area contributed by atoms with Crippen molar-refractivity contribution in [3.05, 3.63) is 102 Å². The van der Waals surface area contributed by atoms with Crippen LogP contribution in [0.25, 0.3) is 0 Å². The van der Waals surface area contributed by atoms with Crippen LogP contribution in [0, 0.1) is 5.41 Å². The van der Waals surface area contributed by atoms with Gasteiger partial charge >= 0.3 is 0 Å². The lowest BCUT2D eigenvalue weighted by atomic mass is 9.71. The highest BCUT2D eigenvalue weighted by molar-refractivity contribution is 6.00. The van der Waals surface area contributed by atoms with Crippen molar-refractivity contribution in [2.75, 3.05) is 12.4 Å². The molecular formula is C30H37N3O2. The van der Waals surface area contributed by atoms with E-state index in [-0.39, 0.29) is 11.3 Å². The molecule has 0 aliphatic heterocycles. The van der Waals surface area contributed by atoms with Crippen molar-refractivity contribution in [2.24, 2.45) is 5.41 Å². The van der Waals surface area contributed by atoms with Crippen molar-refractivity contribution < 1.29 is 9.53 Å². The summed E-state index contributed by atoms with van der Waals surface area (Å²) in [6, 6.07) is 7.63. The molecule has 1 aliphatic carbocycles. The van der Waals surface area contributed by atoms with Crippen molar-refractivity contribution in [3.8, 4) is 5.75 Å². The largest absolute Gasteiger partial charge is 0.497 e. The smallest absolute Gasteiger partial charge is 0.248 e. The molecule has 5 heteroatoms. The number of carbonyl (C=O) groups excluding carboxylic acids is 1. The van der Waals surface area contributed by atoms with Crippen LogP contribution in [0.5, 0.6) is 5.75 Å². The zero-order valence-corrected chi connectivity index (χ0v) is 21.7. The summed E-state index contributed by atoms with van der Waals surface area (Å²) in [5, 5.41) is 2.86. The summed E-state index contributed by atoms with van der Waals surface area (Å²) in [4.78, 5) is 16.5. The first kappa shape index (κ1) is 26.0. The lowest BCUT2D eigenvalue weighted by Gasteiger charge is -2.37. The third kappa shape index (κ3) is 7.19. The molecule has 1 unspecified atom stereocenters. The third-order valence-electron chi connectivity index (χ3n) is 6.53. The SMILES string of the molecule is COc1ccc(NC(=O)\C=C(C)/C=C/C=C(C)/C=C/C2=C(C)C(n3ccnc3)CCC2(C)C)cc1. The number of allylic oxidation sites excluding steroid dienone is 9. The molecule has 1 heterocycles. The Morgan fingerprint density at radius 2 is 1.91 bits per heavy atom. The summed E-state index contributed by atoms with van der Waals surface area (Å²) >= 11 is 0. The molecule has 35 heavy (non-hydrogen) atoms. The molecule has 184 valence electrons. The lowest BCUT2D eigenvalue weighted by Crippen LogP contribution is -2.25. The van der Waals surface area contributed by atoms with Crippen LogP contribution >= 0.6 is 0 Å². The fourth-order valence-corrected chi connectivity index (χ4v) is 4.48. The van der Waals surface area contributed by atoms with Gasteiger partial charge in [0.2, 0.25) is 5.91 Å². The van der Waals surface area contributed by atoms with Crippen LogP contribution in [0.4, 0.5) is 5.69 Å². The second-order valence-corrected chi connectivity index (χ2v) is 9.75. The highest BCUT2D eigenvalue weighted by Crippen LogP contribution is 2.45. The van der Waals surface area contributed by atoms with E-state index in [1.54, 1.807) is 13.2 Å². The predicted octanol–water partition coefficient (Wildman–Crippen LogP) is 7.21. The van der Waals surface area contributed by atoms with Gasteiger partial charge in [-0.15, -0.1) is 0 Å². The standard InChI is InChI=1S/C30H37N3O2/c1-22(8-7-9-23(2)20-29(34)32-25-11-13-26(35-6)14-12-25)10-15-27-24(3)28(16-17-30(27,4)5)33-19-18-31-21-33/h7-15,18-21,28H,16-17H2,1-6H3,(H,32,34)/b9-7+,15-10+,22-8+,23-20-. The molecule has 1 atom stereocenters. The average molecular weight is 472 g/mol. The Bertz CT molecular complexity index is 1160. The quantitative estimate of drug-likeness (QED) is 0.327. The number of aromatic nitrogens is 2. The zero-order valence-electron chi connectivity index (χ0n) is 21.7. The van der Waals surface area contributed by atoms with Gasteiger partial charge in [0.15, 0.2) is 0 Å². The van der Waals surface area contributed by atoms with Crippen molar-refractivity contribution in [2.45, 2.75) is 53.5 Å². The lowest BCUT2D eigenvalue weighted by molar-refractivity contribution is -0.111. The Labute approximate surface area is 209 Å². The second kappa shape index (κ2) is 11.7. The molecule has 1 aromatic heterocycles. The van der Waals surface area contributed by atoms with Crippen molar-refractivity contribution in [1.82, 2.24) is 9.55 Å². The third-order valence-corrected chi connectivity index (χ3v) is 6.53. The number of anilines is 1. The highest BCUT2D eigenvalue weighted by Gasteiger charge is 2.32. The number of amides is 1. The molecule has 2 aromatic rings. The monoisotopic (exact) mass is 471 g/mol. The van der Waals surface area contributed by atoms with E-state index in [2.05, 4.69) is 67.0 Å². The minimum absolute atomic E-state index is 0.143. The molecule has 0 spiro atoms. The number of imidazole rings is 1. The van der Waals surface area contributed by atoms with E-state index in [1.165, 1.54) is 11.1 Å². The average Bonchev–Trinajstić information content (AvgIpc) is 3.33. The zero-order chi connectivity index (χ0) is 25.4. The minimum Gasteiger partial charge on any atom is -0.497 e. The van der Waals surface area contributed by atoms with E-state index in [0.717, 1.165) is 35.4 Å². The Balaban J connectivity index is 1.64. The van der Waals surface area contributed by atoms with Gasteiger partial charge in [0.25, 0.3) is 0 Å². The van der Waals surface area contributed by atoms with Crippen LogP contribution in [-0.4, -0.2) is 22.6 Å². The number of hydrogen-bond acceptors (Lipinski definition) is 3. The Kier molecular flexibility index (Phi) is 8.69. The Morgan fingerprint density at radius 3 is 2.57 bits per heavy atom. The number of methoxy groups -OCH3 is 1. The van der Waals surface area contributed by atoms with Gasteiger partial charge < -0.3 is 14.6 Å². The summed E-state index contributed by atoms with van der Waals surface area (Å²) in [5.41, 5.74) is 5.70. The first-order valence-electron chi connectivity index (χ1n) is 12.0. The summed E-state index contributed by atoms with van der Waals surface area (Å²) in [6.07, 6.45) is 20.1. The fraction of sp³-hybridized carbons (Fsp3) is 0.333. The number of hydrogen-bond donors (Lipinski definition) is 1. The number of rotatable bonds is 8. The van der Waals surface area contributed by atoms with Crippen LogP contribution in [0.1, 0.15) is 53.5 Å². The summed E-state index contributed by atoms with van der Waals surface area (Å²) in [5.74, 6) is 0.595. The molecular weight excluding hydrogens is 434 g/mol. The number of carbonyl (C=O) groups is 1. The van der Waals surface area contributed by atoms with Crippen molar-refractivity contribution in [1.29, 1.82) is 0 Å². The number of nitrogens with zero attached hydrogens (tertiary/aromatic N) is 2. The molecule has 5 nitrogen and oxygen atoms in total. The summed E-state index contributed by atoms with van der Waals surface area (Å²) in [7, 11) is 1.62. The first-order chi connectivity index (χ1) is 16.7. The normalized spacial score (nSPS) is 19.0. The van der Waals surface area contributed by atoms with Crippen molar-refractivity contribution in [3.63, 3.8) is 0 Å². The van der Waals surface area contributed by atoms with Gasteiger partial charge in [-0.25, -0.2) is 4.98 Å². The van der Waals surface area contributed by atoms with E-state index >= 15 is 0 Å². The van der Waals surface area contributed by atoms with Crippen LogP contribution in [0.2, 0.25) is 0 Å². The van der Waals surface area contributed by atoms with Crippen LogP contribution in [-0.2, 0) is 4.79 Å². The number of nitrogens with one attached hydrogen (secondary N) is 1. The second-order valence-electron chi connectivity index (χ2n) is 9.75. The van der Waals surface area contributed by atoms with Gasteiger partial charge in [-0.2, -0.15) is 0 Å². The summed E-state index contributed by atoms with van der Waals surface area (Å²) < 4.78 is 7.35. The van der Waals surface area contributed by atoms with Crippen molar-refractivity contribution >= 4 is 11.6 Å². The van der Waals surface area contributed by atoms with Gasteiger partial charge in [0.05, 0.1) is 19.5 Å². The van der Waals surface area contributed by atoms with Gasteiger partial charge in [0, 0.05) is 24.2 Å². The van der Waals surface area contributed by atoms with Gasteiger partial charge in [-0.05, 0) is 80.0 Å². The van der Waals surface area contributed by atoms with Gasteiger partial charge in [0.1, 0.15) is 5.75 Å². The highest BCUT2D eigenvalue weighted by atomic mass is 16.5. The summed E-state index contributed by atoms with van der Waals surface area (Å²) in [6.45, 7) is 10.9. The molecule has 0 fully saturated rings. The van der Waals surface area contributed by atoms with E-state index in [9.17, 15) is 4.79 Å². The molecule has 0 saturated heterocycles. The van der Waals surface area contributed by atoms with Crippen LogP contribution < -0.4 is 10.1 Å². The van der Waals surface area contributed by atoms with Gasteiger partial charge in [-0.3, -0.25) is 4.79 Å². The predicted molar refractivity (Wildman–Crippen MR) is 144 cm³/mol. The molecule has 1 N–H and O–H groups in total. The molecule has 1 amide bonds. The van der Waals surface area contributed by atoms with Crippen LogP contribution in [0.15, 0.2) is 102 Å². The Morgan fingerprint density at radius 1 is 1.17 bits per heavy atom. The maximum Gasteiger partial charge on any atom is 0.248 e. The number of benzene rings is 1. The van der Waals surface area contributed by atoms with E-state index in [0.29, 0.717) is 6.04 Å².